The van der Waals surface area contributed by atoms with Crippen LogP contribution >= 0.6 is 0 Å². The van der Waals surface area contributed by atoms with Gasteiger partial charge in [-0.25, -0.2) is 19.3 Å². The largest absolute Gasteiger partial charge is 0.470 e. The van der Waals surface area contributed by atoms with E-state index in [0.29, 0.717) is 36.0 Å². The highest BCUT2D eigenvalue weighted by atomic mass is 16.6. The Morgan fingerprint density at radius 2 is 0.871 bits per heavy atom. The van der Waals surface area contributed by atoms with Crippen LogP contribution in [0.15, 0.2) is 67.5 Å². The first kappa shape index (κ1) is 52.6. The lowest BCUT2D eigenvalue weighted by atomic mass is 9.72. The number of carbonyl (C=O) groups is 3. The van der Waals surface area contributed by atoms with Crippen molar-refractivity contribution in [3.05, 3.63) is 90.3 Å². The van der Waals surface area contributed by atoms with Crippen LogP contribution in [0.3, 0.4) is 0 Å². The fraction of sp³-hybridized carbons (Fsp3) is 0.618. The van der Waals surface area contributed by atoms with Crippen molar-refractivity contribution in [2.24, 2.45) is 22.2 Å². The molecule has 368 valence electrons. The highest BCUT2D eigenvalue weighted by Crippen LogP contribution is 2.48. The Morgan fingerprint density at radius 1 is 0.529 bits per heavy atom. The fourth-order valence-electron chi connectivity index (χ4n) is 11.0. The lowest BCUT2D eigenvalue weighted by Gasteiger charge is -2.40. The number of likely N-dealkylation sites (tertiary alicyclic amines) is 3. The van der Waals surface area contributed by atoms with E-state index in [1.807, 2.05) is 53.7 Å². The van der Waals surface area contributed by atoms with Gasteiger partial charge < -0.3 is 28.9 Å². The first-order valence-corrected chi connectivity index (χ1v) is 24.9. The second-order valence-electron chi connectivity index (χ2n) is 22.0. The first-order chi connectivity index (χ1) is 33.4. The zero-order chi connectivity index (χ0) is 50.8. The average Bonchev–Trinajstić information content (AvgIpc) is 3.34. The number of nitrogens with zero attached hydrogens (tertiary/aromatic N) is 9. The van der Waals surface area contributed by atoms with Crippen molar-refractivity contribution in [1.29, 1.82) is 21.0 Å². The molecule has 3 aliphatic heterocycles. The van der Waals surface area contributed by atoms with Crippen LogP contribution in [0.4, 0.5) is 0 Å². The molecule has 0 bridgehead atoms. The van der Waals surface area contributed by atoms with Crippen molar-refractivity contribution >= 4 is 17.9 Å². The Hall–Kier alpha value is -6.81. The summed E-state index contributed by atoms with van der Waals surface area (Å²) in [4.78, 5) is 56.3. The van der Waals surface area contributed by atoms with E-state index < -0.39 is 43.6 Å². The van der Waals surface area contributed by atoms with Gasteiger partial charge in [0, 0.05) is 56.4 Å². The predicted molar refractivity (Wildman–Crippen MR) is 259 cm³/mol. The summed E-state index contributed by atoms with van der Waals surface area (Å²) in [5, 5.41) is 42.0. The molecule has 3 aliphatic carbocycles. The van der Waals surface area contributed by atoms with Crippen molar-refractivity contribution in [3.8, 4) is 24.3 Å². The molecule has 3 heterocycles. The second kappa shape index (κ2) is 22.7. The average molecular weight is 950 g/mol. The van der Waals surface area contributed by atoms with Crippen LogP contribution in [0, 0.1) is 80.6 Å². The lowest BCUT2D eigenvalue weighted by Crippen LogP contribution is -2.35. The number of ether oxygens (including phenoxy) is 3. The summed E-state index contributed by atoms with van der Waals surface area (Å²) < 4.78 is 17.4. The minimum Gasteiger partial charge on any atom is -0.470 e. The van der Waals surface area contributed by atoms with Crippen molar-refractivity contribution in [2.75, 3.05) is 59.1 Å². The van der Waals surface area contributed by atoms with Gasteiger partial charge in [0.2, 0.25) is 0 Å². The number of rotatable bonds is 12. The molecule has 0 aromatic rings. The molecule has 0 saturated carbocycles. The standard InChI is InChI=1S/C55H67N9O6/c1-53(2)24-38(41(30-56)45(27-53)62-18-12-9-13-19-62)43(32-58)50(65)68-34-37(35-69-51(66)44(33-59)39-25-54(3,4)28-46(42(39)31-57)63-20-14-10-15-21-63)36-70-52(67)49(61-8)40-26-55(5,6)29-47(48(40)60-7)64-22-16-11-17-23-64/h37H,9-29,34-36H2,1-6H3/b43-38+,44-39+,49-40-. The second-order valence-corrected chi connectivity index (χ2v) is 22.0. The lowest BCUT2D eigenvalue weighted by molar-refractivity contribution is -0.148. The third-order valence-electron chi connectivity index (χ3n) is 14.4. The van der Waals surface area contributed by atoms with Gasteiger partial charge >= 0.3 is 17.9 Å². The van der Waals surface area contributed by atoms with Gasteiger partial charge in [0.05, 0.1) is 36.8 Å². The molecule has 3 saturated heterocycles. The van der Waals surface area contributed by atoms with E-state index in [0.717, 1.165) is 114 Å². The van der Waals surface area contributed by atoms with Crippen LogP contribution in [0.25, 0.3) is 9.69 Å². The Balaban J connectivity index is 1.32. The van der Waals surface area contributed by atoms with Gasteiger partial charge in [-0.15, -0.1) is 0 Å². The smallest absolute Gasteiger partial charge is 0.349 e. The van der Waals surface area contributed by atoms with E-state index in [1.165, 1.54) is 0 Å². The molecule has 0 N–H and O–H groups in total. The third-order valence-corrected chi connectivity index (χ3v) is 14.4. The van der Waals surface area contributed by atoms with Crippen molar-refractivity contribution in [1.82, 2.24) is 14.7 Å². The summed E-state index contributed by atoms with van der Waals surface area (Å²) in [6.45, 7) is 31.6. The zero-order valence-corrected chi connectivity index (χ0v) is 42.0. The van der Waals surface area contributed by atoms with E-state index in [2.05, 4.69) is 36.5 Å². The van der Waals surface area contributed by atoms with Crippen molar-refractivity contribution < 1.29 is 28.6 Å². The van der Waals surface area contributed by atoms with Gasteiger partial charge in [0.25, 0.3) is 5.70 Å². The van der Waals surface area contributed by atoms with E-state index in [1.54, 1.807) is 0 Å². The highest BCUT2D eigenvalue weighted by molar-refractivity contribution is 5.96. The summed E-state index contributed by atoms with van der Waals surface area (Å²) in [6.07, 6.45) is 11.7. The Bertz CT molecular complexity index is 2280. The minimum atomic E-state index is -1.07. The summed E-state index contributed by atoms with van der Waals surface area (Å²) in [6, 6.07) is 8.60. The quantitative estimate of drug-likeness (QED) is 0.0591. The van der Waals surface area contributed by atoms with Gasteiger partial charge in [0.15, 0.2) is 5.70 Å². The van der Waals surface area contributed by atoms with Gasteiger partial charge in [-0.2, -0.15) is 21.0 Å². The van der Waals surface area contributed by atoms with Gasteiger partial charge in [-0.1, -0.05) is 41.5 Å². The molecule has 3 fully saturated rings. The Kier molecular flexibility index (Phi) is 17.1. The molecule has 0 spiro atoms. The van der Waals surface area contributed by atoms with E-state index in [-0.39, 0.29) is 69.2 Å². The molecule has 0 aromatic heterocycles. The van der Waals surface area contributed by atoms with Crippen LogP contribution in [-0.2, 0) is 28.6 Å². The molecular weight excluding hydrogens is 883 g/mol. The molecule has 0 atom stereocenters. The summed E-state index contributed by atoms with van der Waals surface area (Å²) in [7, 11) is 0. The number of nitriles is 4. The zero-order valence-electron chi connectivity index (χ0n) is 42.0. The number of carbonyl (C=O) groups excluding carboxylic acids is 3. The number of allylic oxidation sites excluding steroid dienone is 8. The number of hydrogen-bond donors (Lipinski definition) is 0. The molecule has 0 unspecified atom stereocenters. The van der Waals surface area contributed by atoms with E-state index >= 15 is 0 Å². The highest BCUT2D eigenvalue weighted by Gasteiger charge is 2.40. The van der Waals surface area contributed by atoms with Crippen LogP contribution in [0.1, 0.15) is 138 Å². The summed E-state index contributed by atoms with van der Waals surface area (Å²) in [5.41, 5.74) is 2.03. The molecule has 0 aromatic carbocycles. The van der Waals surface area contributed by atoms with Crippen LogP contribution in [0.5, 0.6) is 0 Å². The monoisotopic (exact) mass is 950 g/mol. The van der Waals surface area contributed by atoms with Gasteiger partial charge in [-0.05, 0) is 129 Å². The maximum Gasteiger partial charge on any atom is 0.349 e. The van der Waals surface area contributed by atoms with Gasteiger partial charge in [0.1, 0.15) is 48.6 Å². The molecule has 0 amide bonds. The van der Waals surface area contributed by atoms with Crippen molar-refractivity contribution in [3.63, 3.8) is 0 Å². The Morgan fingerprint density at radius 3 is 1.21 bits per heavy atom. The number of hydrogen-bond acceptors (Lipinski definition) is 13. The molecule has 6 rings (SSSR count). The molecule has 6 aliphatic rings. The first-order valence-electron chi connectivity index (χ1n) is 24.9. The molecule has 15 nitrogen and oxygen atoms in total. The van der Waals surface area contributed by atoms with Gasteiger partial charge in [-0.3, -0.25) is 4.79 Å². The van der Waals surface area contributed by atoms with E-state index in [4.69, 9.17) is 27.4 Å². The summed E-state index contributed by atoms with van der Waals surface area (Å²) in [5.74, 6) is -4.08. The maximum absolute atomic E-state index is 14.1. The molecule has 70 heavy (non-hydrogen) atoms. The van der Waals surface area contributed by atoms with Crippen molar-refractivity contribution in [2.45, 2.75) is 138 Å². The third kappa shape index (κ3) is 12.3. The molecular formula is C55H67N9O6. The molecule has 15 heteroatoms. The normalized spacial score (nSPS) is 23.4. The molecule has 0 radical (unpaired) electrons. The number of esters is 3. The topological polar surface area (TPSA) is 192 Å². The predicted octanol–water partition coefficient (Wildman–Crippen LogP) is 9.65. The summed E-state index contributed by atoms with van der Waals surface area (Å²) >= 11 is 0. The fourth-order valence-corrected chi connectivity index (χ4v) is 11.0. The van der Waals surface area contributed by atoms with Crippen LogP contribution in [-0.4, -0.2) is 91.7 Å². The minimum absolute atomic E-state index is 0.274. The SMILES string of the molecule is [C-]#[N+]C1=C(N2CCCCC2)CC(C)(C)C/C1=C(/[N+]#[C-])C(=O)OCC(COC(=O)/C(C#N)=C1\CC(C)(C)CC(N2CCCCC2)=C1C#N)COC(=O)/C(C#N)=C1\CC(C)(C)CC(N2CCCCC2)=C1C#N. The Labute approximate surface area is 414 Å². The van der Waals surface area contributed by atoms with Crippen LogP contribution < -0.4 is 0 Å². The van der Waals surface area contributed by atoms with E-state index in [9.17, 15) is 35.4 Å². The van der Waals surface area contributed by atoms with Crippen LogP contribution in [0.2, 0.25) is 0 Å². The maximum atomic E-state index is 14.1. The number of piperidine rings is 3.